The van der Waals surface area contributed by atoms with Gasteiger partial charge < -0.3 is 15.2 Å². The molecule has 0 radical (unpaired) electrons. The molecule has 2 rings (SSSR count). The molecule has 0 spiro atoms. The van der Waals surface area contributed by atoms with Crippen molar-refractivity contribution in [2.45, 2.75) is 12.5 Å². The van der Waals surface area contributed by atoms with Gasteiger partial charge in [-0.3, -0.25) is 0 Å². The van der Waals surface area contributed by atoms with Crippen LogP contribution in [0.3, 0.4) is 0 Å². The number of ether oxygens (including phenoxy) is 2. The van der Waals surface area contributed by atoms with E-state index < -0.39 is 0 Å². The van der Waals surface area contributed by atoms with Crippen LogP contribution in [0.25, 0.3) is 0 Å². The molecule has 13 heavy (non-hydrogen) atoms. The van der Waals surface area contributed by atoms with Crippen LogP contribution in [-0.2, 0) is 11.2 Å². The molecular weight excluding hydrogens is 186 g/mol. The molecule has 0 fully saturated rings. The van der Waals surface area contributed by atoms with Gasteiger partial charge in [-0.25, -0.2) is 0 Å². The number of fused-ring (bicyclic) bond motifs is 1. The fourth-order valence-electron chi connectivity index (χ4n) is 1.56. The second-order valence-electron chi connectivity index (χ2n) is 2.99. The van der Waals surface area contributed by atoms with E-state index in [0.29, 0.717) is 6.54 Å². The van der Waals surface area contributed by atoms with Crippen molar-refractivity contribution in [1.29, 1.82) is 0 Å². The lowest BCUT2D eigenvalue weighted by Crippen LogP contribution is -2.21. The summed E-state index contributed by atoms with van der Waals surface area (Å²) in [6, 6.07) is 2.04. The normalized spacial score (nSPS) is 21.2. The van der Waals surface area contributed by atoms with Gasteiger partial charge in [0.15, 0.2) is 5.06 Å². The third-order valence-corrected chi connectivity index (χ3v) is 3.40. The highest BCUT2D eigenvalue weighted by molar-refractivity contribution is 7.14. The van der Waals surface area contributed by atoms with E-state index in [4.69, 9.17) is 15.2 Å². The van der Waals surface area contributed by atoms with Gasteiger partial charge in [0, 0.05) is 17.8 Å². The van der Waals surface area contributed by atoms with E-state index in [9.17, 15) is 0 Å². The Hall–Kier alpha value is -0.580. The summed E-state index contributed by atoms with van der Waals surface area (Å²) < 4.78 is 10.7. The summed E-state index contributed by atoms with van der Waals surface area (Å²) in [7, 11) is 1.69. The van der Waals surface area contributed by atoms with E-state index in [1.807, 2.05) is 6.07 Å². The molecule has 4 heteroatoms. The summed E-state index contributed by atoms with van der Waals surface area (Å²) in [4.78, 5) is 1.36. The van der Waals surface area contributed by atoms with Crippen molar-refractivity contribution >= 4 is 11.3 Å². The molecule has 0 aliphatic carbocycles. The molecule has 3 nitrogen and oxygen atoms in total. The molecule has 72 valence electrons. The van der Waals surface area contributed by atoms with Crippen LogP contribution in [0.5, 0.6) is 5.06 Å². The van der Waals surface area contributed by atoms with Gasteiger partial charge in [-0.05, 0) is 11.6 Å². The molecule has 1 atom stereocenters. The molecule has 1 aliphatic rings. The van der Waals surface area contributed by atoms with E-state index in [1.165, 1.54) is 10.4 Å². The van der Waals surface area contributed by atoms with E-state index in [-0.39, 0.29) is 6.10 Å². The summed E-state index contributed by atoms with van der Waals surface area (Å²) in [6.45, 7) is 1.32. The van der Waals surface area contributed by atoms with E-state index in [1.54, 1.807) is 18.4 Å². The van der Waals surface area contributed by atoms with Crippen molar-refractivity contribution in [2.24, 2.45) is 5.73 Å². The molecule has 2 N–H and O–H groups in total. The molecular formula is C9H13NO2S. The fourth-order valence-corrected chi connectivity index (χ4v) is 2.57. The maximum atomic E-state index is 5.61. The van der Waals surface area contributed by atoms with Gasteiger partial charge in [0.05, 0.1) is 19.8 Å². The fraction of sp³-hybridized carbons (Fsp3) is 0.556. The van der Waals surface area contributed by atoms with Crippen molar-refractivity contribution in [3.05, 3.63) is 16.5 Å². The van der Waals surface area contributed by atoms with Crippen molar-refractivity contribution < 1.29 is 9.47 Å². The Morgan fingerprint density at radius 1 is 1.77 bits per heavy atom. The zero-order valence-corrected chi connectivity index (χ0v) is 8.39. The van der Waals surface area contributed by atoms with Gasteiger partial charge in [-0.15, -0.1) is 11.3 Å². The SMILES string of the molecule is COc1cc2c(s1)CCOC2CN. The third kappa shape index (κ3) is 1.57. The average Bonchev–Trinajstić information content (AvgIpc) is 2.59. The van der Waals surface area contributed by atoms with Crippen molar-refractivity contribution in [1.82, 2.24) is 0 Å². The van der Waals surface area contributed by atoms with Crippen LogP contribution >= 0.6 is 11.3 Å². The summed E-state index contributed by atoms with van der Waals surface area (Å²) in [5.74, 6) is 0. The predicted octanol–water partition coefficient (Wildman–Crippen LogP) is 1.33. The highest BCUT2D eigenvalue weighted by atomic mass is 32.1. The Morgan fingerprint density at radius 2 is 2.62 bits per heavy atom. The minimum atomic E-state index is 0.0731. The number of hydrogen-bond donors (Lipinski definition) is 1. The van der Waals surface area contributed by atoms with Gasteiger partial charge in [0.1, 0.15) is 0 Å². The van der Waals surface area contributed by atoms with Gasteiger partial charge in [-0.2, -0.15) is 0 Å². The molecule has 1 aromatic heterocycles. The molecule has 0 aromatic carbocycles. The van der Waals surface area contributed by atoms with Gasteiger partial charge in [0.2, 0.25) is 0 Å². The quantitative estimate of drug-likeness (QED) is 0.781. The lowest BCUT2D eigenvalue weighted by atomic mass is 10.1. The number of rotatable bonds is 2. The molecule has 1 unspecified atom stereocenters. The van der Waals surface area contributed by atoms with Crippen LogP contribution in [-0.4, -0.2) is 20.3 Å². The molecule has 1 aromatic rings. The Kier molecular flexibility index (Phi) is 2.53. The number of nitrogens with two attached hydrogens (primary N) is 1. The van der Waals surface area contributed by atoms with E-state index in [0.717, 1.165) is 18.1 Å². The van der Waals surface area contributed by atoms with Crippen molar-refractivity contribution in [3.63, 3.8) is 0 Å². The van der Waals surface area contributed by atoms with E-state index in [2.05, 4.69) is 0 Å². The summed E-state index contributed by atoms with van der Waals surface area (Å²) in [5.41, 5.74) is 6.83. The highest BCUT2D eigenvalue weighted by Gasteiger charge is 2.22. The number of methoxy groups -OCH3 is 1. The molecule has 0 saturated carbocycles. The van der Waals surface area contributed by atoms with Crippen LogP contribution in [0.1, 0.15) is 16.5 Å². The van der Waals surface area contributed by atoms with Crippen LogP contribution in [0.2, 0.25) is 0 Å². The smallest absolute Gasteiger partial charge is 0.173 e. The number of thiophene rings is 1. The zero-order valence-electron chi connectivity index (χ0n) is 7.58. The monoisotopic (exact) mass is 199 g/mol. The summed E-state index contributed by atoms with van der Waals surface area (Å²) >= 11 is 1.70. The van der Waals surface area contributed by atoms with Crippen LogP contribution in [0.4, 0.5) is 0 Å². The van der Waals surface area contributed by atoms with Gasteiger partial charge in [-0.1, -0.05) is 0 Å². The minimum absolute atomic E-state index is 0.0731. The Morgan fingerprint density at radius 3 is 3.31 bits per heavy atom. The average molecular weight is 199 g/mol. The van der Waals surface area contributed by atoms with Gasteiger partial charge >= 0.3 is 0 Å². The van der Waals surface area contributed by atoms with Gasteiger partial charge in [0.25, 0.3) is 0 Å². The predicted molar refractivity (Wildman–Crippen MR) is 52.3 cm³/mol. The lowest BCUT2D eigenvalue weighted by molar-refractivity contribution is 0.0497. The molecule has 0 saturated heterocycles. The summed E-state index contributed by atoms with van der Waals surface area (Å²) in [5, 5.41) is 0.953. The van der Waals surface area contributed by atoms with Crippen molar-refractivity contribution in [3.8, 4) is 5.06 Å². The third-order valence-electron chi connectivity index (χ3n) is 2.23. The van der Waals surface area contributed by atoms with E-state index >= 15 is 0 Å². The molecule has 1 aliphatic heterocycles. The second-order valence-corrected chi connectivity index (χ2v) is 4.09. The van der Waals surface area contributed by atoms with Crippen LogP contribution < -0.4 is 10.5 Å². The van der Waals surface area contributed by atoms with Crippen LogP contribution in [0, 0.1) is 0 Å². The number of hydrogen-bond acceptors (Lipinski definition) is 4. The highest BCUT2D eigenvalue weighted by Crippen LogP contribution is 2.36. The Balaban J connectivity index is 2.32. The first-order chi connectivity index (χ1) is 6.35. The first-order valence-corrected chi connectivity index (χ1v) is 5.15. The molecule has 0 bridgehead atoms. The maximum absolute atomic E-state index is 5.61. The topological polar surface area (TPSA) is 44.5 Å². The first kappa shape index (κ1) is 8.99. The maximum Gasteiger partial charge on any atom is 0.173 e. The standard InChI is InChI=1S/C9H13NO2S/c1-11-9-4-6-7(5-10)12-3-2-8(6)13-9/h4,7H,2-3,5,10H2,1H3. The van der Waals surface area contributed by atoms with Crippen LogP contribution in [0.15, 0.2) is 6.07 Å². The molecule has 0 amide bonds. The molecule has 2 heterocycles. The zero-order chi connectivity index (χ0) is 9.26. The lowest BCUT2D eigenvalue weighted by Gasteiger charge is -2.21. The van der Waals surface area contributed by atoms with Crippen molar-refractivity contribution in [2.75, 3.05) is 20.3 Å². The minimum Gasteiger partial charge on any atom is -0.487 e. The Labute approximate surface area is 81.5 Å². The summed E-state index contributed by atoms with van der Waals surface area (Å²) in [6.07, 6.45) is 1.06. The largest absolute Gasteiger partial charge is 0.487 e. The first-order valence-electron chi connectivity index (χ1n) is 4.33. The Bertz CT molecular complexity index is 298. The second kappa shape index (κ2) is 3.65.